The number of primary amides is 1. The molecule has 4 aromatic rings. The summed E-state index contributed by atoms with van der Waals surface area (Å²) < 4.78 is 1.94. The highest BCUT2D eigenvalue weighted by Gasteiger charge is 2.21. The van der Waals surface area contributed by atoms with Gasteiger partial charge in [0, 0.05) is 48.3 Å². The molecule has 1 aliphatic rings. The summed E-state index contributed by atoms with van der Waals surface area (Å²) in [6, 6.07) is 14.5. The second-order valence-electron chi connectivity index (χ2n) is 8.42. The number of rotatable bonds is 6. The fraction of sp³-hybridized carbons (Fsp3) is 0.208. The molecule has 1 amide bonds. The van der Waals surface area contributed by atoms with E-state index in [1.54, 1.807) is 24.3 Å². The third kappa shape index (κ3) is 4.74. The van der Waals surface area contributed by atoms with Crippen LogP contribution in [-0.4, -0.2) is 44.2 Å². The third-order valence-electron chi connectivity index (χ3n) is 6.13. The molecular formula is C24H26BClN6O3. The Morgan fingerprint density at radius 1 is 1.20 bits per heavy atom. The number of amides is 1. The van der Waals surface area contributed by atoms with E-state index in [4.69, 9.17) is 15.7 Å². The lowest BCUT2D eigenvalue weighted by Gasteiger charge is -2.21. The van der Waals surface area contributed by atoms with Gasteiger partial charge in [0.2, 0.25) is 11.9 Å². The SMILES string of the molecule is Cc1cc2c(C(N)=O)cccc2n1-c1nc2c(c(NCc3cccc(B(O)O)c3)n1)CNCC2.Cl. The Kier molecular flexibility index (Phi) is 7.09. The lowest BCUT2D eigenvalue weighted by Crippen LogP contribution is -2.30. The van der Waals surface area contributed by atoms with E-state index in [0.29, 0.717) is 30.1 Å². The van der Waals surface area contributed by atoms with Crippen LogP contribution in [0.2, 0.25) is 0 Å². The highest BCUT2D eigenvalue weighted by atomic mass is 35.5. The molecule has 11 heteroatoms. The second kappa shape index (κ2) is 10.0. The molecule has 2 aromatic heterocycles. The number of hydrogen-bond donors (Lipinski definition) is 5. The maximum atomic E-state index is 11.9. The van der Waals surface area contributed by atoms with Gasteiger partial charge in [0.25, 0.3) is 0 Å². The average molecular weight is 493 g/mol. The maximum Gasteiger partial charge on any atom is 0.488 e. The number of aryl methyl sites for hydroxylation is 1. The molecule has 0 bridgehead atoms. The van der Waals surface area contributed by atoms with Crippen LogP contribution in [0.1, 0.15) is 32.9 Å². The number of fused-ring (bicyclic) bond motifs is 2. The fourth-order valence-corrected chi connectivity index (χ4v) is 4.47. The first-order chi connectivity index (χ1) is 16.4. The zero-order valence-corrected chi connectivity index (χ0v) is 20.0. The van der Waals surface area contributed by atoms with E-state index in [1.807, 2.05) is 35.8 Å². The molecule has 6 N–H and O–H groups in total. The van der Waals surface area contributed by atoms with Gasteiger partial charge in [-0.25, -0.2) is 4.98 Å². The van der Waals surface area contributed by atoms with E-state index in [-0.39, 0.29) is 12.4 Å². The van der Waals surface area contributed by atoms with Crippen LogP contribution in [0.5, 0.6) is 0 Å². The number of hydrogen-bond acceptors (Lipinski definition) is 7. The monoisotopic (exact) mass is 492 g/mol. The van der Waals surface area contributed by atoms with Gasteiger partial charge < -0.3 is 26.4 Å². The minimum absolute atomic E-state index is 0. The van der Waals surface area contributed by atoms with Crippen LogP contribution in [0.3, 0.4) is 0 Å². The zero-order chi connectivity index (χ0) is 23.8. The van der Waals surface area contributed by atoms with Crippen LogP contribution in [-0.2, 0) is 19.5 Å². The summed E-state index contributed by atoms with van der Waals surface area (Å²) in [4.78, 5) is 21.7. The van der Waals surface area contributed by atoms with E-state index in [1.165, 1.54) is 0 Å². The molecule has 0 spiro atoms. The first-order valence-corrected chi connectivity index (χ1v) is 11.1. The first-order valence-electron chi connectivity index (χ1n) is 11.1. The Labute approximate surface area is 209 Å². The predicted octanol–water partition coefficient (Wildman–Crippen LogP) is 1.19. The second-order valence-corrected chi connectivity index (χ2v) is 8.42. The minimum Gasteiger partial charge on any atom is -0.423 e. The Hall–Kier alpha value is -3.44. The summed E-state index contributed by atoms with van der Waals surface area (Å²) in [6.45, 7) is 3.90. The molecule has 0 radical (unpaired) electrons. The third-order valence-corrected chi connectivity index (χ3v) is 6.13. The molecule has 0 saturated heterocycles. The fourth-order valence-electron chi connectivity index (χ4n) is 4.47. The number of benzene rings is 2. The molecule has 5 rings (SSSR count). The Morgan fingerprint density at radius 2 is 2.00 bits per heavy atom. The van der Waals surface area contributed by atoms with Gasteiger partial charge in [-0.3, -0.25) is 9.36 Å². The molecule has 180 valence electrons. The average Bonchev–Trinajstić information content (AvgIpc) is 3.18. The van der Waals surface area contributed by atoms with E-state index in [9.17, 15) is 14.8 Å². The topological polar surface area (TPSA) is 138 Å². The van der Waals surface area contributed by atoms with Gasteiger partial charge in [-0.15, -0.1) is 12.4 Å². The van der Waals surface area contributed by atoms with Crippen LogP contribution < -0.4 is 21.8 Å². The number of halogens is 1. The molecule has 0 aliphatic carbocycles. The standard InChI is InChI=1S/C24H25BN6O3.ClH/c1-14-10-18-17(22(26)32)6-3-7-21(18)31(14)24-29-20-8-9-27-13-19(20)23(30-24)28-12-15-4-2-5-16(11-15)25(33)34;/h2-7,10-11,27,33-34H,8-9,12-13H2,1H3,(H2,26,32)(H,28,29,30);1H. The Balaban J connectivity index is 0.00000289. The summed E-state index contributed by atoms with van der Waals surface area (Å²) in [6.07, 6.45) is 0.774. The summed E-state index contributed by atoms with van der Waals surface area (Å²) >= 11 is 0. The lowest BCUT2D eigenvalue weighted by atomic mass is 9.79. The van der Waals surface area contributed by atoms with Crippen molar-refractivity contribution in [3.05, 3.63) is 76.6 Å². The van der Waals surface area contributed by atoms with Crippen molar-refractivity contribution in [2.75, 3.05) is 11.9 Å². The number of anilines is 1. The minimum atomic E-state index is -1.52. The number of nitrogens with two attached hydrogens (primary N) is 1. The first kappa shape index (κ1) is 24.7. The molecule has 1 aliphatic heterocycles. The molecule has 3 heterocycles. The van der Waals surface area contributed by atoms with Crippen molar-refractivity contribution in [3.63, 3.8) is 0 Å². The molecule has 35 heavy (non-hydrogen) atoms. The normalized spacial score (nSPS) is 12.7. The summed E-state index contributed by atoms with van der Waals surface area (Å²) in [7, 11) is -1.52. The molecule has 0 fully saturated rings. The van der Waals surface area contributed by atoms with Crippen LogP contribution in [0.25, 0.3) is 16.9 Å². The van der Waals surface area contributed by atoms with Crippen LogP contribution >= 0.6 is 12.4 Å². The highest BCUT2D eigenvalue weighted by molar-refractivity contribution is 6.58. The van der Waals surface area contributed by atoms with Crippen molar-refractivity contribution in [2.45, 2.75) is 26.4 Å². The lowest BCUT2D eigenvalue weighted by molar-refractivity contribution is 0.100. The van der Waals surface area contributed by atoms with Crippen molar-refractivity contribution < 1.29 is 14.8 Å². The number of nitrogens with zero attached hydrogens (tertiary/aromatic N) is 3. The van der Waals surface area contributed by atoms with Crippen LogP contribution in [0.15, 0.2) is 48.5 Å². The van der Waals surface area contributed by atoms with Crippen molar-refractivity contribution in [1.82, 2.24) is 19.9 Å². The Morgan fingerprint density at radius 3 is 2.77 bits per heavy atom. The van der Waals surface area contributed by atoms with E-state index >= 15 is 0 Å². The summed E-state index contributed by atoms with van der Waals surface area (Å²) in [5, 5.41) is 26.5. The molecule has 0 unspecified atom stereocenters. The van der Waals surface area contributed by atoms with Crippen molar-refractivity contribution in [2.24, 2.45) is 5.73 Å². The van der Waals surface area contributed by atoms with Crippen LogP contribution in [0, 0.1) is 6.92 Å². The molecular weight excluding hydrogens is 467 g/mol. The smallest absolute Gasteiger partial charge is 0.423 e. The van der Waals surface area contributed by atoms with E-state index < -0.39 is 13.0 Å². The van der Waals surface area contributed by atoms with Gasteiger partial charge >= 0.3 is 7.12 Å². The summed E-state index contributed by atoms with van der Waals surface area (Å²) in [5.74, 6) is 0.768. The number of aromatic nitrogens is 3. The molecule has 9 nitrogen and oxygen atoms in total. The quantitative estimate of drug-likeness (QED) is 0.255. The van der Waals surface area contributed by atoms with Gasteiger partial charge in [0.15, 0.2) is 0 Å². The molecule has 0 atom stereocenters. The van der Waals surface area contributed by atoms with Gasteiger partial charge in [-0.2, -0.15) is 4.98 Å². The molecule has 0 saturated carbocycles. The number of carbonyl (C=O) groups excluding carboxylic acids is 1. The van der Waals surface area contributed by atoms with Gasteiger partial charge in [-0.05, 0) is 36.1 Å². The van der Waals surface area contributed by atoms with Crippen molar-refractivity contribution in [1.29, 1.82) is 0 Å². The number of carbonyl (C=O) groups is 1. The van der Waals surface area contributed by atoms with Gasteiger partial charge in [-0.1, -0.05) is 30.3 Å². The predicted molar refractivity (Wildman–Crippen MR) is 138 cm³/mol. The van der Waals surface area contributed by atoms with E-state index in [0.717, 1.165) is 52.2 Å². The Bertz CT molecular complexity index is 1410. The van der Waals surface area contributed by atoms with Crippen LogP contribution in [0.4, 0.5) is 5.82 Å². The maximum absolute atomic E-state index is 11.9. The zero-order valence-electron chi connectivity index (χ0n) is 19.2. The highest BCUT2D eigenvalue weighted by Crippen LogP contribution is 2.28. The van der Waals surface area contributed by atoms with Crippen molar-refractivity contribution >= 4 is 47.6 Å². The largest absolute Gasteiger partial charge is 0.488 e. The summed E-state index contributed by atoms with van der Waals surface area (Å²) in [5.41, 5.74) is 11.1. The van der Waals surface area contributed by atoms with Crippen molar-refractivity contribution in [3.8, 4) is 5.95 Å². The van der Waals surface area contributed by atoms with Gasteiger partial charge in [0.1, 0.15) is 5.82 Å². The van der Waals surface area contributed by atoms with E-state index in [2.05, 4.69) is 10.6 Å². The molecule has 2 aromatic carbocycles. The number of nitrogens with one attached hydrogen (secondary N) is 2. The van der Waals surface area contributed by atoms with Gasteiger partial charge in [0.05, 0.1) is 11.2 Å².